The highest BCUT2D eigenvalue weighted by Gasteiger charge is 2.51. The number of urea groups is 1. The lowest BCUT2D eigenvalue weighted by Gasteiger charge is -2.56. The first-order chi connectivity index (χ1) is 11.7. The molecule has 4 fully saturated rings. The van der Waals surface area contributed by atoms with Crippen molar-refractivity contribution in [3.8, 4) is 5.75 Å². The van der Waals surface area contributed by atoms with E-state index in [9.17, 15) is 4.79 Å². The number of hydrogen-bond acceptors (Lipinski definition) is 2. The quantitative estimate of drug-likeness (QED) is 0.807. The molecule has 4 heteroatoms. The van der Waals surface area contributed by atoms with Gasteiger partial charge in [0.05, 0.1) is 0 Å². The van der Waals surface area contributed by atoms with Gasteiger partial charge >= 0.3 is 6.03 Å². The van der Waals surface area contributed by atoms with Crippen LogP contribution in [0.4, 0.5) is 4.79 Å². The minimum atomic E-state index is -0.0778. The number of carbonyl (C=O) groups excluding carboxylic acids is 1. The summed E-state index contributed by atoms with van der Waals surface area (Å²) in [5.41, 5.74) is 1.22. The predicted molar refractivity (Wildman–Crippen MR) is 93.9 cm³/mol. The fourth-order valence-electron chi connectivity index (χ4n) is 5.66. The second kappa shape index (κ2) is 6.30. The van der Waals surface area contributed by atoms with Crippen LogP contribution in [0.3, 0.4) is 0 Å². The average Bonchev–Trinajstić information content (AvgIpc) is 2.53. The van der Waals surface area contributed by atoms with Crippen molar-refractivity contribution in [3.05, 3.63) is 29.8 Å². The van der Waals surface area contributed by atoms with Gasteiger partial charge in [0, 0.05) is 5.54 Å². The van der Waals surface area contributed by atoms with E-state index in [1.807, 2.05) is 18.2 Å². The number of hydrogen-bond donors (Lipinski definition) is 2. The molecule has 0 aromatic heterocycles. The van der Waals surface area contributed by atoms with Gasteiger partial charge in [-0.15, -0.1) is 0 Å². The van der Waals surface area contributed by atoms with Gasteiger partial charge in [-0.2, -0.15) is 0 Å². The fraction of sp³-hybridized carbons (Fsp3) is 0.650. The SMILES string of the molecule is CCc1ccccc1OCNC(=O)NC12CC3CC(CC(C3)C1)C2. The third-order valence-corrected chi connectivity index (χ3v) is 6.23. The maximum atomic E-state index is 12.4. The van der Waals surface area contributed by atoms with Gasteiger partial charge in [0.1, 0.15) is 5.75 Å². The Bertz CT molecular complexity index is 578. The Morgan fingerprint density at radius 1 is 1.12 bits per heavy atom. The number of aryl methyl sites for hydroxylation is 1. The topological polar surface area (TPSA) is 50.4 Å². The molecule has 0 aliphatic heterocycles. The molecule has 2 N–H and O–H groups in total. The van der Waals surface area contributed by atoms with E-state index in [-0.39, 0.29) is 18.3 Å². The van der Waals surface area contributed by atoms with E-state index in [4.69, 9.17) is 4.74 Å². The third-order valence-electron chi connectivity index (χ3n) is 6.23. The van der Waals surface area contributed by atoms with Crippen LogP contribution in [0, 0.1) is 17.8 Å². The molecule has 1 aromatic carbocycles. The molecule has 0 heterocycles. The largest absolute Gasteiger partial charge is 0.473 e. The molecule has 4 bridgehead atoms. The Kier molecular flexibility index (Phi) is 4.15. The zero-order chi connectivity index (χ0) is 16.6. The maximum Gasteiger partial charge on any atom is 0.317 e. The van der Waals surface area contributed by atoms with Crippen molar-refractivity contribution in [1.82, 2.24) is 10.6 Å². The summed E-state index contributed by atoms with van der Waals surface area (Å²) in [6.07, 6.45) is 8.61. The smallest absolute Gasteiger partial charge is 0.317 e. The summed E-state index contributed by atoms with van der Waals surface area (Å²) in [7, 11) is 0. The molecule has 1 aromatic rings. The van der Waals surface area contributed by atoms with E-state index in [2.05, 4.69) is 23.6 Å². The molecule has 0 unspecified atom stereocenters. The van der Waals surface area contributed by atoms with Crippen molar-refractivity contribution in [2.75, 3.05) is 6.73 Å². The van der Waals surface area contributed by atoms with Crippen molar-refractivity contribution in [1.29, 1.82) is 0 Å². The van der Waals surface area contributed by atoms with Gasteiger partial charge in [0.2, 0.25) is 0 Å². The second-order valence-corrected chi connectivity index (χ2v) is 8.08. The van der Waals surface area contributed by atoms with Gasteiger partial charge in [-0.3, -0.25) is 0 Å². The number of amides is 2. The van der Waals surface area contributed by atoms with Crippen molar-refractivity contribution < 1.29 is 9.53 Å². The minimum Gasteiger partial charge on any atom is -0.473 e. The number of carbonyl (C=O) groups is 1. The number of nitrogens with one attached hydrogen (secondary N) is 2. The molecule has 0 atom stereocenters. The molecule has 5 rings (SSSR count). The highest BCUT2D eigenvalue weighted by molar-refractivity contribution is 5.74. The summed E-state index contributed by atoms with van der Waals surface area (Å²) in [6.45, 7) is 2.32. The molecule has 4 saturated carbocycles. The Hall–Kier alpha value is -1.71. The van der Waals surface area contributed by atoms with Gasteiger partial charge in [0.25, 0.3) is 0 Å². The van der Waals surface area contributed by atoms with Crippen molar-refractivity contribution in [3.63, 3.8) is 0 Å². The van der Waals surface area contributed by atoms with Crippen LogP contribution in [0.25, 0.3) is 0 Å². The predicted octanol–water partition coefficient (Wildman–Crippen LogP) is 3.85. The molecule has 4 nitrogen and oxygen atoms in total. The first-order valence-electron chi connectivity index (χ1n) is 9.42. The molecule has 4 aliphatic carbocycles. The molecule has 0 spiro atoms. The number of rotatable bonds is 5. The Morgan fingerprint density at radius 3 is 2.38 bits per heavy atom. The zero-order valence-electron chi connectivity index (χ0n) is 14.5. The average molecular weight is 328 g/mol. The maximum absolute atomic E-state index is 12.4. The van der Waals surface area contributed by atoms with Crippen LogP contribution < -0.4 is 15.4 Å². The van der Waals surface area contributed by atoms with Crippen molar-refractivity contribution in [2.24, 2.45) is 17.8 Å². The molecular formula is C20H28N2O2. The third kappa shape index (κ3) is 3.11. The van der Waals surface area contributed by atoms with Crippen LogP contribution in [-0.4, -0.2) is 18.3 Å². The molecule has 24 heavy (non-hydrogen) atoms. The Morgan fingerprint density at radius 2 is 1.75 bits per heavy atom. The van der Waals surface area contributed by atoms with E-state index in [0.29, 0.717) is 0 Å². The summed E-state index contributed by atoms with van der Waals surface area (Å²) >= 11 is 0. The van der Waals surface area contributed by atoms with Crippen LogP contribution >= 0.6 is 0 Å². The molecule has 130 valence electrons. The van der Waals surface area contributed by atoms with Crippen LogP contribution in [0.15, 0.2) is 24.3 Å². The van der Waals surface area contributed by atoms with Crippen LogP contribution in [0.5, 0.6) is 5.75 Å². The highest BCUT2D eigenvalue weighted by Crippen LogP contribution is 2.55. The lowest BCUT2D eigenvalue weighted by molar-refractivity contribution is -0.0137. The normalized spacial score (nSPS) is 33.3. The lowest BCUT2D eigenvalue weighted by atomic mass is 9.53. The first-order valence-corrected chi connectivity index (χ1v) is 9.42. The van der Waals surface area contributed by atoms with Crippen molar-refractivity contribution in [2.45, 2.75) is 57.4 Å². The number of ether oxygens (including phenoxy) is 1. The van der Waals surface area contributed by atoms with Gasteiger partial charge in [0.15, 0.2) is 6.73 Å². The van der Waals surface area contributed by atoms with Gasteiger partial charge in [-0.25, -0.2) is 4.79 Å². The second-order valence-electron chi connectivity index (χ2n) is 8.08. The number of para-hydroxylation sites is 1. The summed E-state index contributed by atoms with van der Waals surface area (Å²) in [4.78, 5) is 12.4. The van der Waals surface area contributed by atoms with E-state index >= 15 is 0 Å². The highest BCUT2D eigenvalue weighted by atomic mass is 16.5. The Balaban J connectivity index is 1.30. The lowest BCUT2D eigenvalue weighted by Crippen LogP contribution is -2.61. The Labute approximate surface area is 144 Å². The monoisotopic (exact) mass is 328 g/mol. The van der Waals surface area contributed by atoms with Crippen molar-refractivity contribution >= 4 is 6.03 Å². The molecule has 2 amide bonds. The van der Waals surface area contributed by atoms with E-state index < -0.39 is 0 Å². The molecule has 0 radical (unpaired) electrons. The summed E-state index contributed by atoms with van der Waals surface area (Å²) in [5, 5.41) is 6.19. The van der Waals surface area contributed by atoms with E-state index in [1.165, 1.54) is 44.1 Å². The molecule has 0 saturated heterocycles. The summed E-state index contributed by atoms with van der Waals surface area (Å²) in [5.74, 6) is 3.37. The first kappa shape index (κ1) is 15.8. The van der Waals surface area contributed by atoms with E-state index in [0.717, 1.165) is 29.9 Å². The van der Waals surface area contributed by atoms with Crippen LogP contribution in [0.1, 0.15) is 51.0 Å². The zero-order valence-corrected chi connectivity index (χ0v) is 14.5. The van der Waals surface area contributed by atoms with Gasteiger partial charge < -0.3 is 15.4 Å². The molecule has 4 aliphatic rings. The van der Waals surface area contributed by atoms with Crippen LogP contribution in [-0.2, 0) is 6.42 Å². The minimum absolute atomic E-state index is 0.0557. The van der Waals surface area contributed by atoms with Crippen LogP contribution in [0.2, 0.25) is 0 Å². The number of benzene rings is 1. The molecular weight excluding hydrogens is 300 g/mol. The van der Waals surface area contributed by atoms with Gasteiger partial charge in [-0.1, -0.05) is 25.1 Å². The summed E-state index contributed by atoms with van der Waals surface area (Å²) < 4.78 is 5.75. The van der Waals surface area contributed by atoms with E-state index in [1.54, 1.807) is 0 Å². The fourth-order valence-corrected chi connectivity index (χ4v) is 5.66. The summed E-state index contributed by atoms with van der Waals surface area (Å²) in [6, 6.07) is 7.91. The standard InChI is InChI=1S/C20H28N2O2/c1-2-17-5-3-4-6-18(17)24-13-21-19(23)22-20-10-14-7-15(11-20)9-16(8-14)12-20/h3-6,14-16H,2,7-13H2,1H3,(H2,21,22,23). The van der Waals surface area contributed by atoms with Gasteiger partial charge in [-0.05, 0) is 74.3 Å².